The van der Waals surface area contributed by atoms with Gasteiger partial charge in [0.2, 0.25) is 5.88 Å². The fourth-order valence-electron chi connectivity index (χ4n) is 2.83. The van der Waals surface area contributed by atoms with Crippen LogP contribution in [0.15, 0.2) is 18.5 Å². The van der Waals surface area contributed by atoms with Crippen LogP contribution in [-0.4, -0.2) is 37.3 Å². The molecule has 1 amide bonds. The molecule has 130 valence electrons. The fourth-order valence-corrected chi connectivity index (χ4v) is 3.99. The van der Waals surface area contributed by atoms with Crippen LogP contribution in [0, 0.1) is 0 Å². The zero-order valence-electron chi connectivity index (χ0n) is 13.8. The van der Waals surface area contributed by atoms with E-state index in [9.17, 15) is 4.79 Å². The minimum absolute atomic E-state index is 0.101. The van der Waals surface area contributed by atoms with Crippen LogP contribution in [0.3, 0.4) is 0 Å². The third-order valence-electron chi connectivity index (χ3n) is 4.10. The van der Waals surface area contributed by atoms with Crippen molar-refractivity contribution in [3.05, 3.63) is 34.0 Å². The zero-order valence-corrected chi connectivity index (χ0v) is 14.6. The van der Waals surface area contributed by atoms with Gasteiger partial charge in [0.25, 0.3) is 5.91 Å². The highest BCUT2D eigenvalue weighted by Gasteiger charge is 2.19. The molecule has 9 heteroatoms. The van der Waals surface area contributed by atoms with Crippen LogP contribution in [0.25, 0.3) is 5.65 Å². The van der Waals surface area contributed by atoms with Crippen LogP contribution < -0.4 is 10.1 Å². The third-order valence-corrected chi connectivity index (χ3v) is 5.44. The molecule has 3 aromatic rings. The summed E-state index contributed by atoms with van der Waals surface area (Å²) in [5.74, 6) is 0.145. The number of rotatable bonds is 5. The topological polar surface area (TPSA) is 94.3 Å². The van der Waals surface area contributed by atoms with Gasteiger partial charge in [-0.3, -0.25) is 4.79 Å². The smallest absolute Gasteiger partial charge is 0.258 e. The van der Waals surface area contributed by atoms with Crippen molar-refractivity contribution >= 4 is 22.9 Å². The highest BCUT2D eigenvalue weighted by atomic mass is 32.1. The van der Waals surface area contributed by atoms with E-state index in [-0.39, 0.29) is 18.6 Å². The Bertz CT molecular complexity index is 882. The summed E-state index contributed by atoms with van der Waals surface area (Å²) in [6.07, 6.45) is 6.07. The second kappa shape index (κ2) is 6.75. The van der Waals surface area contributed by atoms with Crippen molar-refractivity contribution in [2.24, 2.45) is 0 Å². The van der Waals surface area contributed by atoms with Crippen LogP contribution in [0.2, 0.25) is 0 Å². The van der Waals surface area contributed by atoms with E-state index in [0.717, 1.165) is 17.8 Å². The van der Waals surface area contributed by atoms with Gasteiger partial charge >= 0.3 is 0 Å². The van der Waals surface area contributed by atoms with Crippen molar-refractivity contribution in [2.75, 3.05) is 6.61 Å². The molecular formula is C16H18N6O2S. The Morgan fingerprint density at radius 3 is 3.16 bits per heavy atom. The number of ether oxygens (including phenoxy) is 1. The van der Waals surface area contributed by atoms with Gasteiger partial charge in [-0.25, -0.2) is 4.98 Å². The predicted molar refractivity (Wildman–Crippen MR) is 91.6 cm³/mol. The Labute approximate surface area is 148 Å². The normalized spacial score (nSPS) is 14.9. The molecule has 1 aliphatic rings. The molecule has 1 aliphatic carbocycles. The molecule has 0 spiro atoms. The number of amides is 1. The lowest BCUT2D eigenvalue weighted by Crippen LogP contribution is -2.31. The quantitative estimate of drug-likeness (QED) is 0.746. The van der Waals surface area contributed by atoms with Crippen molar-refractivity contribution < 1.29 is 9.53 Å². The van der Waals surface area contributed by atoms with Gasteiger partial charge in [-0.15, -0.1) is 26.6 Å². The SMILES string of the molecule is C[C@H](NC(=O)COc1ccc2nncn2n1)c1nc2c(s1)CCCC2. The summed E-state index contributed by atoms with van der Waals surface area (Å²) in [6.45, 7) is 1.85. The number of carbonyl (C=O) groups excluding carboxylic acids is 1. The van der Waals surface area contributed by atoms with Crippen LogP contribution in [0.4, 0.5) is 0 Å². The van der Waals surface area contributed by atoms with Crippen LogP contribution >= 0.6 is 11.3 Å². The molecule has 0 saturated carbocycles. The highest BCUT2D eigenvalue weighted by molar-refractivity contribution is 7.11. The minimum atomic E-state index is -0.202. The maximum absolute atomic E-state index is 12.1. The summed E-state index contributed by atoms with van der Waals surface area (Å²) in [6, 6.07) is 3.27. The van der Waals surface area contributed by atoms with Gasteiger partial charge in [-0.2, -0.15) is 4.52 Å². The number of thiazole rings is 1. The number of nitrogens with zero attached hydrogens (tertiary/aromatic N) is 5. The first-order chi connectivity index (χ1) is 12.2. The average molecular weight is 358 g/mol. The molecule has 0 saturated heterocycles. The van der Waals surface area contributed by atoms with Gasteiger partial charge in [0.15, 0.2) is 12.3 Å². The van der Waals surface area contributed by atoms with Crippen molar-refractivity contribution in [1.29, 1.82) is 0 Å². The van der Waals surface area contributed by atoms with Gasteiger partial charge in [-0.1, -0.05) is 0 Å². The van der Waals surface area contributed by atoms with Crippen molar-refractivity contribution in [2.45, 2.75) is 38.6 Å². The molecule has 0 bridgehead atoms. The standard InChI is InChI=1S/C16H18N6O2S/c1-10(16-19-11-4-2-3-5-12(11)25-16)18-14(23)8-24-15-7-6-13-20-17-9-22(13)21-15/h6-7,9-10H,2-5,8H2,1H3,(H,18,23)/t10-/m0/s1. The van der Waals surface area contributed by atoms with Crippen molar-refractivity contribution in [3.63, 3.8) is 0 Å². The Kier molecular flexibility index (Phi) is 4.31. The van der Waals surface area contributed by atoms with E-state index >= 15 is 0 Å². The lowest BCUT2D eigenvalue weighted by molar-refractivity contribution is -0.123. The van der Waals surface area contributed by atoms with Crippen LogP contribution in [0.5, 0.6) is 5.88 Å². The number of fused-ring (bicyclic) bond motifs is 2. The van der Waals surface area contributed by atoms with E-state index in [0.29, 0.717) is 11.5 Å². The molecule has 4 rings (SSSR count). The van der Waals surface area contributed by atoms with Gasteiger partial charge in [0.1, 0.15) is 11.3 Å². The number of carbonyl (C=O) groups is 1. The van der Waals surface area contributed by atoms with Gasteiger partial charge in [0, 0.05) is 10.9 Å². The molecule has 1 N–H and O–H groups in total. The van der Waals surface area contributed by atoms with Gasteiger partial charge in [-0.05, 0) is 38.7 Å². The largest absolute Gasteiger partial charge is 0.467 e. The fraction of sp³-hybridized carbons (Fsp3) is 0.438. The van der Waals surface area contributed by atoms with Gasteiger partial charge < -0.3 is 10.1 Å². The Morgan fingerprint density at radius 1 is 1.40 bits per heavy atom. The Morgan fingerprint density at radius 2 is 2.28 bits per heavy atom. The summed E-state index contributed by atoms with van der Waals surface area (Å²) in [7, 11) is 0. The first-order valence-corrected chi connectivity index (χ1v) is 9.08. The maximum Gasteiger partial charge on any atom is 0.258 e. The summed E-state index contributed by atoms with van der Waals surface area (Å²) < 4.78 is 6.94. The minimum Gasteiger partial charge on any atom is -0.467 e. The highest BCUT2D eigenvalue weighted by Crippen LogP contribution is 2.29. The van der Waals surface area contributed by atoms with Crippen LogP contribution in [0.1, 0.15) is 41.4 Å². The molecule has 8 nitrogen and oxygen atoms in total. The van der Waals surface area contributed by atoms with E-state index in [1.165, 1.54) is 34.3 Å². The molecule has 25 heavy (non-hydrogen) atoms. The summed E-state index contributed by atoms with van der Waals surface area (Å²) in [4.78, 5) is 18.2. The monoisotopic (exact) mass is 358 g/mol. The second-order valence-corrected chi connectivity index (χ2v) is 7.13. The lowest BCUT2D eigenvalue weighted by Gasteiger charge is -2.11. The molecule has 3 heterocycles. The first kappa shape index (κ1) is 15.9. The maximum atomic E-state index is 12.1. The molecule has 0 unspecified atom stereocenters. The molecule has 0 aromatic carbocycles. The van der Waals surface area contributed by atoms with Crippen LogP contribution in [-0.2, 0) is 17.6 Å². The zero-order chi connectivity index (χ0) is 17.2. The number of aromatic nitrogens is 5. The number of hydrogen-bond acceptors (Lipinski definition) is 7. The number of hydrogen-bond donors (Lipinski definition) is 1. The van der Waals surface area contributed by atoms with E-state index in [1.807, 2.05) is 6.92 Å². The van der Waals surface area contributed by atoms with Crippen molar-refractivity contribution in [3.8, 4) is 5.88 Å². The summed E-state index contributed by atoms with van der Waals surface area (Å²) in [5.41, 5.74) is 1.83. The lowest BCUT2D eigenvalue weighted by atomic mass is 10.0. The van der Waals surface area contributed by atoms with E-state index < -0.39 is 0 Å². The van der Waals surface area contributed by atoms with Crippen molar-refractivity contribution in [1.82, 2.24) is 30.1 Å². The summed E-state index contributed by atoms with van der Waals surface area (Å²) in [5, 5.41) is 15.7. The molecule has 0 fully saturated rings. The number of nitrogens with one attached hydrogen (secondary N) is 1. The van der Waals surface area contributed by atoms with E-state index in [2.05, 4.69) is 25.6 Å². The second-order valence-electron chi connectivity index (χ2n) is 6.01. The molecule has 0 aliphatic heterocycles. The number of aryl methyl sites for hydroxylation is 2. The third kappa shape index (κ3) is 3.46. The Hall–Kier alpha value is -2.55. The molecule has 3 aromatic heterocycles. The first-order valence-electron chi connectivity index (χ1n) is 8.27. The van der Waals surface area contributed by atoms with E-state index in [1.54, 1.807) is 23.5 Å². The Balaban J connectivity index is 1.34. The van der Waals surface area contributed by atoms with E-state index in [4.69, 9.17) is 4.74 Å². The molecular weight excluding hydrogens is 340 g/mol. The predicted octanol–water partition coefficient (Wildman–Crippen LogP) is 1.72. The summed E-state index contributed by atoms with van der Waals surface area (Å²) >= 11 is 1.71. The van der Waals surface area contributed by atoms with Gasteiger partial charge in [0.05, 0.1) is 11.7 Å². The molecule has 0 radical (unpaired) electrons. The molecule has 1 atom stereocenters. The average Bonchev–Trinajstić information content (AvgIpc) is 3.25.